The number of nitrogens with one attached hydrogen (secondary N) is 2. The summed E-state index contributed by atoms with van der Waals surface area (Å²) in [6, 6.07) is 4.81. The maximum Gasteiger partial charge on any atom is 0.243 e. The van der Waals surface area contributed by atoms with Crippen molar-refractivity contribution in [2.45, 2.75) is 26.3 Å². The first-order chi connectivity index (χ1) is 8.20. The van der Waals surface area contributed by atoms with Crippen LogP contribution in [-0.4, -0.2) is 17.4 Å². The topological polar surface area (TPSA) is 84.2 Å². The third-order valence-corrected chi connectivity index (χ3v) is 2.45. The van der Waals surface area contributed by atoms with Crippen molar-refractivity contribution in [2.24, 2.45) is 5.73 Å². The van der Waals surface area contributed by atoms with E-state index < -0.39 is 5.54 Å². The monoisotopic (exact) mass is 269 g/mol. The van der Waals surface area contributed by atoms with Crippen molar-refractivity contribution in [3.05, 3.63) is 23.2 Å². The lowest BCUT2D eigenvalue weighted by atomic mass is 10.1. The predicted molar refractivity (Wildman–Crippen MR) is 72.7 cm³/mol. The molecular weight excluding hydrogens is 254 g/mol. The van der Waals surface area contributed by atoms with Crippen LogP contribution < -0.4 is 16.4 Å². The fourth-order valence-electron chi connectivity index (χ4n) is 1.19. The molecule has 1 rings (SSSR count). The maximum absolute atomic E-state index is 11.7. The molecule has 1 aromatic carbocycles. The van der Waals surface area contributed by atoms with Crippen molar-refractivity contribution in [3.8, 4) is 0 Å². The highest BCUT2D eigenvalue weighted by Crippen LogP contribution is 2.26. The normalized spacial score (nSPS) is 10.9. The molecule has 4 N–H and O–H groups in total. The van der Waals surface area contributed by atoms with Crippen molar-refractivity contribution in [1.82, 2.24) is 0 Å². The SMILES string of the molecule is CC(=O)Nc1ccc(Cl)c(NC(=O)C(C)(C)N)c1. The standard InChI is InChI=1S/C12H16ClN3O2/c1-7(17)15-8-4-5-9(13)10(6-8)16-11(18)12(2,3)14/h4-6H,14H2,1-3H3,(H,15,17)(H,16,18). The van der Waals surface area contributed by atoms with E-state index in [0.29, 0.717) is 16.4 Å². The molecule has 0 aliphatic heterocycles. The second-order valence-corrected chi connectivity index (χ2v) is 4.96. The van der Waals surface area contributed by atoms with Crippen LogP contribution in [0.5, 0.6) is 0 Å². The third-order valence-electron chi connectivity index (χ3n) is 2.12. The average Bonchev–Trinajstić information content (AvgIpc) is 2.20. The van der Waals surface area contributed by atoms with E-state index >= 15 is 0 Å². The minimum atomic E-state index is -1.01. The van der Waals surface area contributed by atoms with Gasteiger partial charge in [-0.05, 0) is 32.0 Å². The van der Waals surface area contributed by atoms with E-state index in [1.807, 2.05) is 0 Å². The number of rotatable bonds is 3. The van der Waals surface area contributed by atoms with Gasteiger partial charge in [-0.25, -0.2) is 0 Å². The number of amides is 2. The first-order valence-corrected chi connectivity index (χ1v) is 5.75. The van der Waals surface area contributed by atoms with Crippen LogP contribution in [-0.2, 0) is 9.59 Å². The van der Waals surface area contributed by atoms with Crippen LogP contribution in [0.15, 0.2) is 18.2 Å². The zero-order valence-electron chi connectivity index (χ0n) is 10.5. The maximum atomic E-state index is 11.7. The molecule has 0 unspecified atom stereocenters. The fourth-order valence-corrected chi connectivity index (χ4v) is 1.35. The molecule has 18 heavy (non-hydrogen) atoms. The van der Waals surface area contributed by atoms with Crippen molar-refractivity contribution < 1.29 is 9.59 Å². The Morgan fingerprint density at radius 1 is 1.28 bits per heavy atom. The summed E-state index contributed by atoms with van der Waals surface area (Å²) in [7, 11) is 0. The van der Waals surface area contributed by atoms with E-state index in [9.17, 15) is 9.59 Å². The zero-order valence-corrected chi connectivity index (χ0v) is 11.3. The number of halogens is 1. The summed E-state index contributed by atoms with van der Waals surface area (Å²) in [4.78, 5) is 22.7. The molecule has 0 bridgehead atoms. The number of carbonyl (C=O) groups excluding carboxylic acids is 2. The molecule has 0 spiro atoms. The number of hydrogen-bond acceptors (Lipinski definition) is 3. The Hall–Kier alpha value is -1.59. The summed E-state index contributed by atoms with van der Waals surface area (Å²) < 4.78 is 0. The van der Waals surface area contributed by atoms with Crippen molar-refractivity contribution in [3.63, 3.8) is 0 Å². The number of carbonyl (C=O) groups is 2. The Morgan fingerprint density at radius 3 is 2.39 bits per heavy atom. The van der Waals surface area contributed by atoms with Crippen LogP contribution in [0.25, 0.3) is 0 Å². The van der Waals surface area contributed by atoms with Crippen molar-refractivity contribution >= 4 is 34.8 Å². The van der Waals surface area contributed by atoms with Crippen LogP contribution in [0.3, 0.4) is 0 Å². The highest BCUT2D eigenvalue weighted by molar-refractivity contribution is 6.34. The largest absolute Gasteiger partial charge is 0.326 e. The lowest BCUT2D eigenvalue weighted by molar-refractivity contribution is -0.120. The Labute approximate surface area is 111 Å². The lowest BCUT2D eigenvalue weighted by Gasteiger charge is -2.18. The molecule has 2 amide bonds. The average molecular weight is 270 g/mol. The molecule has 98 valence electrons. The van der Waals surface area contributed by atoms with E-state index in [4.69, 9.17) is 17.3 Å². The van der Waals surface area contributed by atoms with E-state index in [0.717, 1.165) is 0 Å². The molecule has 1 aromatic rings. The molecule has 0 atom stereocenters. The van der Waals surface area contributed by atoms with Gasteiger partial charge in [0.15, 0.2) is 0 Å². The van der Waals surface area contributed by atoms with Gasteiger partial charge in [0.05, 0.1) is 16.2 Å². The Kier molecular flexibility index (Phi) is 4.32. The second kappa shape index (κ2) is 5.37. The molecule has 0 saturated heterocycles. The van der Waals surface area contributed by atoms with Gasteiger partial charge in [0.2, 0.25) is 11.8 Å². The second-order valence-electron chi connectivity index (χ2n) is 4.55. The minimum Gasteiger partial charge on any atom is -0.326 e. The Balaban J connectivity index is 2.94. The minimum absolute atomic E-state index is 0.200. The number of anilines is 2. The summed E-state index contributed by atoms with van der Waals surface area (Å²) in [5.74, 6) is -0.557. The van der Waals surface area contributed by atoms with E-state index in [1.54, 1.807) is 32.0 Å². The van der Waals surface area contributed by atoms with Gasteiger partial charge in [-0.2, -0.15) is 0 Å². The van der Waals surface area contributed by atoms with Crippen molar-refractivity contribution in [2.75, 3.05) is 10.6 Å². The van der Waals surface area contributed by atoms with E-state index in [1.165, 1.54) is 6.92 Å². The molecule has 0 aromatic heterocycles. The smallest absolute Gasteiger partial charge is 0.243 e. The van der Waals surface area contributed by atoms with Crippen LogP contribution >= 0.6 is 11.6 Å². The summed E-state index contributed by atoms with van der Waals surface area (Å²) in [6.45, 7) is 4.58. The highest BCUT2D eigenvalue weighted by Gasteiger charge is 2.22. The Morgan fingerprint density at radius 2 is 1.89 bits per heavy atom. The number of nitrogens with two attached hydrogens (primary N) is 1. The summed E-state index contributed by atoms with van der Waals surface area (Å²) in [6.07, 6.45) is 0. The Bertz CT molecular complexity index is 481. The van der Waals surface area contributed by atoms with Gasteiger partial charge in [0.25, 0.3) is 0 Å². The third kappa shape index (κ3) is 4.01. The van der Waals surface area contributed by atoms with E-state index in [-0.39, 0.29) is 11.8 Å². The zero-order chi connectivity index (χ0) is 13.9. The van der Waals surface area contributed by atoms with E-state index in [2.05, 4.69) is 10.6 Å². The van der Waals surface area contributed by atoms with Crippen LogP contribution in [0.1, 0.15) is 20.8 Å². The van der Waals surface area contributed by atoms with Crippen LogP contribution in [0.2, 0.25) is 5.02 Å². The predicted octanol–water partition coefficient (Wildman–Crippen LogP) is 1.97. The van der Waals surface area contributed by atoms with Gasteiger partial charge in [-0.1, -0.05) is 11.6 Å². The van der Waals surface area contributed by atoms with Gasteiger partial charge >= 0.3 is 0 Å². The van der Waals surface area contributed by atoms with Crippen molar-refractivity contribution in [1.29, 1.82) is 0 Å². The number of benzene rings is 1. The lowest BCUT2D eigenvalue weighted by Crippen LogP contribution is -2.45. The molecular formula is C12H16ClN3O2. The molecule has 0 aliphatic carbocycles. The molecule has 0 aliphatic rings. The number of hydrogen-bond donors (Lipinski definition) is 3. The molecule has 5 nitrogen and oxygen atoms in total. The molecule has 0 fully saturated rings. The molecule has 6 heteroatoms. The molecule has 0 saturated carbocycles. The first kappa shape index (κ1) is 14.5. The van der Waals surface area contributed by atoms with Gasteiger partial charge in [-0.15, -0.1) is 0 Å². The molecule has 0 radical (unpaired) electrons. The van der Waals surface area contributed by atoms with Gasteiger partial charge in [0, 0.05) is 12.6 Å². The highest BCUT2D eigenvalue weighted by atomic mass is 35.5. The summed E-state index contributed by atoms with van der Waals surface area (Å²) in [5.41, 5.74) is 5.63. The fraction of sp³-hybridized carbons (Fsp3) is 0.333. The first-order valence-electron chi connectivity index (χ1n) is 5.37. The quantitative estimate of drug-likeness (QED) is 0.784. The van der Waals surface area contributed by atoms with Crippen LogP contribution in [0.4, 0.5) is 11.4 Å². The van der Waals surface area contributed by atoms with Gasteiger partial charge < -0.3 is 16.4 Å². The van der Waals surface area contributed by atoms with Gasteiger partial charge in [0.1, 0.15) is 0 Å². The molecule has 0 heterocycles. The summed E-state index contributed by atoms with van der Waals surface area (Å²) in [5, 5.41) is 5.60. The van der Waals surface area contributed by atoms with Crippen LogP contribution in [0, 0.1) is 0 Å². The summed E-state index contributed by atoms with van der Waals surface area (Å²) >= 11 is 5.96. The van der Waals surface area contributed by atoms with Gasteiger partial charge in [-0.3, -0.25) is 9.59 Å².